The normalized spacial score (nSPS) is 10.9. The third-order valence-corrected chi connectivity index (χ3v) is 2.48. The van der Waals surface area contributed by atoms with Crippen molar-refractivity contribution in [2.24, 2.45) is 14.1 Å². The van der Waals surface area contributed by atoms with E-state index in [1.54, 1.807) is 0 Å². The molecule has 0 aliphatic carbocycles. The average Bonchev–Trinajstić information content (AvgIpc) is 2.23. The van der Waals surface area contributed by atoms with E-state index in [1.807, 2.05) is 0 Å². The van der Waals surface area contributed by atoms with Crippen molar-refractivity contribution in [1.29, 1.82) is 0 Å². The lowest BCUT2D eigenvalue weighted by molar-refractivity contribution is 0.706. The maximum atomic E-state index is 11.7. The monoisotopic (exact) mass is 226 g/mol. The zero-order chi connectivity index (χ0) is 11.2. The van der Waals surface area contributed by atoms with E-state index in [4.69, 9.17) is 11.6 Å². The van der Waals surface area contributed by atoms with Gasteiger partial charge in [0.1, 0.15) is 16.9 Å². The van der Waals surface area contributed by atoms with E-state index in [9.17, 15) is 9.59 Å². The molecule has 6 nitrogen and oxygen atoms in total. The Bertz CT molecular complexity index is 658. The number of halogens is 1. The highest BCUT2D eigenvalue weighted by atomic mass is 35.5. The Morgan fingerprint density at radius 1 is 1.20 bits per heavy atom. The Morgan fingerprint density at radius 2 is 1.87 bits per heavy atom. The third-order valence-electron chi connectivity index (χ3n) is 2.19. The van der Waals surface area contributed by atoms with E-state index in [-0.39, 0.29) is 16.2 Å². The minimum absolute atomic E-state index is 0.0520. The van der Waals surface area contributed by atoms with Crippen LogP contribution in [0.3, 0.4) is 0 Å². The first-order valence-corrected chi connectivity index (χ1v) is 4.48. The largest absolute Gasteiger partial charge is 0.332 e. The van der Waals surface area contributed by atoms with Gasteiger partial charge >= 0.3 is 5.69 Å². The van der Waals surface area contributed by atoms with Crippen LogP contribution in [0, 0.1) is 0 Å². The SMILES string of the molecule is Cn1c(=O)c2c(Cl)ncnc2n(C)c1=O. The van der Waals surface area contributed by atoms with Crippen molar-refractivity contribution in [3.05, 3.63) is 32.3 Å². The number of fused-ring (bicyclic) bond motifs is 1. The number of rotatable bonds is 0. The van der Waals surface area contributed by atoms with Crippen LogP contribution in [0.4, 0.5) is 0 Å². The van der Waals surface area contributed by atoms with Crippen LogP contribution in [0.15, 0.2) is 15.9 Å². The molecule has 0 aromatic carbocycles. The highest BCUT2D eigenvalue weighted by Gasteiger charge is 2.12. The molecule has 0 saturated carbocycles. The van der Waals surface area contributed by atoms with Crippen LogP contribution in [-0.4, -0.2) is 19.1 Å². The minimum Gasteiger partial charge on any atom is -0.280 e. The lowest BCUT2D eigenvalue weighted by Crippen LogP contribution is -2.37. The van der Waals surface area contributed by atoms with Gasteiger partial charge in [0.05, 0.1) is 0 Å². The van der Waals surface area contributed by atoms with Gasteiger partial charge in [0.15, 0.2) is 5.65 Å². The van der Waals surface area contributed by atoms with Crippen molar-refractivity contribution >= 4 is 22.6 Å². The van der Waals surface area contributed by atoms with Crippen molar-refractivity contribution in [3.8, 4) is 0 Å². The van der Waals surface area contributed by atoms with Gasteiger partial charge in [-0.1, -0.05) is 11.6 Å². The molecule has 2 aromatic rings. The standard InChI is InChI=1S/C8H7ClN4O2/c1-12-6-4(5(9)10-3-11-6)7(14)13(2)8(12)15/h3H,1-2H3. The quantitative estimate of drug-likeness (QED) is 0.578. The zero-order valence-electron chi connectivity index (χ0n) is 8.06. The first-order chi connectivity index (χ1) is 7.04. The molecule has 0 amide bonds. The highest BCUT2D eigenvalue weighted by Crippen LogP contribution is 2.12. The predicted molar refractivity (Wildman–Crippen MR) is 55.0 cm³/mol. The molecule has 0 bridgehead atoms. The maximum absolute atomic E-state index is 11.7. The molecule has 2 heterocycles. The molecule has 0 aliphatic heterocycles. The van der Waals surface area contributed by atoms with Crippen LogP contribution >= 0.6 is 11.6 Å². The summed E-state index contributed by atoms with van der Waals surface area (Å²) < 4.78 is 2.22. The van der Waals surface area contributed by atoms with Crippen LogP contribution in [0.1, 0.15) is 0 Å². The summed E-state index contributed by atoms with van der Waals surface area (Å²) in [4.78, 5) is 30.8. The van der Waals surface area contributed by atoms with Crippen molar-refractivity contribution in [2.75, 3.05) is 0 Å². The zero-order valence-corrected chi connectivity index (χ0v) is 8.82. The smallest absolute Gasteiger partial charge is 0.280 e. The number of aryl methyl sites for hydroxylation is 1. The van der Waals surface area contributed by atoms with Crippen LogP contribution in [0.5, 0.6) is 0 Å². The molecule has 7 heteroatoms. The number of nitrogens with zero attached hydrogens (tertiary/aromatic N) is 4. The maximum Gasteiger partial charge on any atom is 0.332 e. The van der Waals surface area contributed by atoms with Gasteiger partial charge in [-0.15, -0.1) is 0 Å². The molecule has 0 N–H and O–H groups in total. The molecular weight excluding hydrogens is 220 g/mol. The average molecular weight is 227 g/mol. The molecule has 2 rings (SSSR count). The third kappa shape index (κ3) is 1.25. The Morgan fingerprint density at radius 3 is 2.53 bits per heavy atom. The van der Waals surface area contributed by atoms with Crippen molar-refractivity contribution < 1.29 is 0 Å². The Kier molecular flexibility index (Phi) is 2.08. The summed E-state index contributed by atoms with van der Waals surface area (Å²) >= 11 is 5.78. The van der Waals surface area contributed by atoms with Gasteiger partial charge in [-0.2, -0.15) is 0 Å². The molecule has 0 fully saturated rings. The Labute approximate surface area is 88.8 Å². The van der Waals surface area contributed by atoms with Gasteiger partial charge in [-0.3, -0.25) is 13.9 Å². The second kappa shape index (κ2) is 3.16. The Hall–Kier alpha value is -1.69. The second-order valence-electron chi connectivity index (χ2n) is 3.07. The van der Waals surface area contributed by atoms with Gasteiger partial charge in [0, 0.05) is 14.1 Å². The summed E-state index contributed by atoms with van der Waals surface area (Å²) in [5.41, 5.74) is -0.691. The first kappa shape index (κ1) is 9.85. The molecule has 0 saturated heterocycles. The molecule has 0 radical (unpaired) electrons. The van der Waals surface area contributed by atoms with Crippen molar-refractivity contribution in [1.82, 2.24) is 19.1 Å². The molecular formula is C8H7ClN4O2. The summed E-state index contributed by atoms with van der Waals surface area (Å²) in [6, 6.07) is 0. The van der Waals surface area contributed by atoms with E-state index in [0.717, 1.165) is 4.57 Å². The fraction of sp³-hybridized carbons (Fsp3) is 0.250. The predicted octanol–water partition coefficient (Wildman–Crippen LogP) is -0.319. The second-order valence-corrected chi connectivity index (χ2v) is 3.43. The Balaban J connectivity index is 3.23. The number of hydrogen-bond donors (Lipinski definition) is 0. The summed E-state index contributed by atoms with van der Waals surface area (Å²) in [7, 11) is 2.90. The number of aromatic nitrogens is 4. The molecule has 0 atom stereocenters. The van der Waals surface area contributed by atoms with Gasteiger partial charge in [-0.05, 0) is 0 Å². The summed E-state index contributed by atoms with van der Waals surface area (Å²) in [5, 5.41) is 0.208. The van der Waals surface area contributed by atoms with Gasteiger partial charge in [0.25, 0.3) is 5.56 Å². The molecule has 0 spiro atoms. The van der Waals surface area contributed by atoms with Crippen molar-refractivity contribution in [2.45, 2.75) is 0 Å². The summed E-state index contributed by atoms with van der Waals surface area (Å²) in [6.07, 6.45) is 1.21. The van der Waals surface area contributed by atoms with E-state index in [1.165, 1.54) is 25.0 Å². The van der Waals surface area contributed by atoms with Crippen LogP contribution in [0.2, 0.25) is 5.15 Å². The molecule has 0 unspecified atom stereocenters. The topological polar surface area (TPSA) is 69.8 Å². The molecule has 2 aromatic heterocycles. The minimum atomic E-state index is -0.487. The van der Waals surface area contributed by atoms with Gasteiger partial charge < -0.3 is 0 Å². The van der Waals surface area contributed by atoms with E-state index >= 15 is 0 Å². The lowest BCUT2D eigenvalue weighted by atomic mass is 10.4. The fourth-order valence-corrected chi connectivity index (χ4v) is 1.57. The van der Waals surface area contributed by atoms with Crippen LogP contribution < -0.4 is 11.2 Å². The molecule has 78 valence electrons. The van der Waals surface area contributed by atoms with Crippen molar-refractivity contribution in [3.63, 3.8) is 0 Å². The van der Waals surface area contributed by atoms with Gasteiger partial charge in [0.2, 0.25) is 0 Å². The fourth-order valence-electron chi connectivity index (χ4n) is 1.36. The molecule has 0 aliphatic rings. The first-order valence-electron chi connectivity index (χ1n) is 4.10. The molecule has 15 heavy (non-hydrogen) atoms. The van der Waals surface area contributed by atoms with E-state index < -0.39 is 11.2 Å². The lowest BCUT2D eigenvalue weighted by Gasteiger charge is -2.05. The summed E-state index contributed by atoms with van der Waals surface area (Å²) in [6.45, 7) is 0. The summed E-state index contributed by atoms with van der Waals surface area (Å²) in [5.74, 6) is 0. The highest BCUT2D eigenvalue weighted by molar-refractivity contribution is 6.33. The van der Waals surface area contributed by atoms with E-state index in [0.29, 0.717) is 0 Å². The number of hydrogen-bond acceptors (Lipinski definition) is 4. The van der Waals surface area contributed by atoms with Gasteiger partial charge in [-0.25, -0.2) is 14.8 Å². The van der Waals surface area contributed by atoms with E-state index in [2.05, 4.69) is 9.97 Å². The van der Waals surface area contributed by atoms with Crippen LogP contribution in [0.25, 0.3) is 11.0 Å². The van der Waals surface area contributed by atoms with Crippen LogP contribution in [-0.2, 0) is 14.1 Å².